The maximum atomic E-state index is 12.6. The summed E-state index contributed by atoms with van der Waals surface area (Å²) in [6.45, 7) is 3.67. The molecule has 1 amide bonds. The average molecular weight is 447 g/mol. The number of aromatic nitrogens is 4. The predicted molar refractivity (Wildman–Crippen MR) is 125 cm³/mol. The summed E-state index contributed by atoms with van der Waals surface area (Å²) in [7, 11) is 1.70. The fourth-order valence-corrected chi connectivity index (χ4v) is 4.02. The van der Waals surface area contributed by atoms with E-state index in [1.807, 2.05) is 46.9 Å². The van der Waals surface area contributed by atoms with E-state index in [9.17, 15) is 9.59 Å². The minimum atomic E-state index is -0.101. The molecule has 0 radical (unpaired) electrons. The molecule has 5 rings (SSSR count). The Balaban J connectivity index is 1.27. The molecule has 10 heteroatoms. The first kappa shape index (κ1) is 21.1. The van der Waals surface area contributed by atoms with Crippen molar-refractivity contribution in [1.29, 1.82) is 0 Å². The van der Waals surface area contributed by atoms with Crippen LogP contribution in [0.15, 0.2) is 53.3 Å². The topological polar surface area (TPSA) is 106 Å². The molecular formula is C23H25N7O3. The second kappa shape index (κ2) is 9.00. The fraction of sp³-hybridized carbons (Fsp3) is 0.304. The number of nitrogens with zero attached hydrogens (tertiary/aromatic N) is 5. The van der Waals surface area contributed by atoms with Gasteiger partial charge in [-0.2, -0.15) is 0 Å². The number of amides is 1. The van der Waals surface area contributed by atoms with Crippen LogP contribution in [0.4, 0.5) is 11.4 Å². The third kappa shape index (κ3) is 4.30. The van der Waals surface area contributed by atoms with E-state index in [0.717, 1.165) is 30.0 Å². The highest BCUT2D eigenvalue weighted by atomic mass is 16.5. The Labute approximate surface area is 189 Å². The number of para-hydroxylation sites is 1. The number of carbonyl (C=O) groups is 1. The van der Waals surface area contributed by atoms with Gasteiger partial charge >= 0.3 is 0 Å². The lowest BCUT2D eigenvalue weighted by atomic mass is 10.2. The number of anilines is 2. The number of hydrogen-bond acceptors (Lipinski definition) is 7. The number of hydrogen-bond donors (Lipinski definition) is 2. The van der Waals surface area contributed by atoms with E-state index in [-0.39, 0.29) is 11.5 Å². The van der Waals surface area contributed by atoms with Gasteiger partial charge < -0.3 is 15.4 Å². The van der Waals surface area contributed by atoms with Crippen molar-refractivity contribution in [1.82, 2.24) is 24.1 Å². The smallest absolute Gasteiger partial charge is 0.262 e. The Morgan fingerprint density at radius 2 is 1.76 bits per heavy atom. The summed E-state index contributed by atoms with van der Waals surface area (Å²) in [5, 5.41) is 15.4. The number of carbonyl (C=O) groups excluding carboxylic acids is 1. The molecule has 0 atom stereocenters. The van der Waals surface area contributed by atoms with Gasteiger partial charge in [-0.25, -0.2) is 0 Å². The molecule has 0 spiro atoms. The Bertz CT molecular complexity index is 1350. The summed E-state index contributed by atoms with van der Waals surface area (Å²) in [6, 6.07) is 15.0. The molecule has 1 aliphatic rings. The molecule has 0 unspecified atom stereocenters. The summed E-state index contributed by atoms with van der Waals surface area (Å²) in [5.74, 6) is 1.15. The van der Waals surface area contributed by atoms with Gasteiger partial charge in [0.25, 0.3) is 5.56 Å². The number of benzene rings is 2. The minimum absolute atomic E-state index is 0.0370. The standard InChI is InChI=1S/C23H25N7O3/c1-28-22(32)18-4-2-3-5-19(18)30-20(26-27-23(28)30)14-24-16-6-8-17(9-7-16)25-21(31)15-29-10-12-33-13-11-29/h2-9,24H,10-15H2,1H3,(H,25,31). The molecule has 0 aliphatic carbocycles. The van der Waals surface area contributed by atoms with Crippen molar-refractivity contribution in [2.24, 2.45) is 7.05 Å². The van der Waals surface area contributed by atoms with E-state index in [4.69, 9.17) is 4.74 Å². The van der Waals surface area contributed by atoms with Gasteiger partial charge in [0.2, 0.25) is 11.7 Å². The van der Waals surface area contributed by atoms with Crippen molar-refractivity contribution >= 4 is 34.0 Å². The summed E-state index contributed by atoms with van der Waals surface area (Å²) < 4.78 is 8.71. The highest BCUT2D eigenvalue weighted by Crippen LogP contribution is 2.17. The van der Waals surface area contributed by atoms with Crippen LogP contribution in [-0.2, 0) is 23.1 Å². The van der Waals surface area contributed by atoms with E-state index >= 15 is 0 Å². The molecule has 2 aromatic heterocycles. The fourth-order valence-electron chi connectivity index (χ4n) is 4.02. The quantitative estimate of drug-likeness (QED) is 0.461. The lowest BCUT2D eigenvalue weighted by Gasteiger charge is -2.25. The van der Waals surface area contributed by atoms with Crippen molar-refractivity contribution in [3.8, 4) is 0 Å². The van der Waals surface area contributed by atoms with Crippen molar-refractivity contribution in [3.05, 3.63) is 64.7 Å². The van der Waals surface area contributed by atoms with Crippen LogP contribution in [0.2, 0.25) is 0 Å². The predicted octanol–water partition coefficient (Wildman–Crippen LogP) is 1.46. The first-order chi connectivity index (χ1) is 16.1. The normalized spacial score (nSPS) is 14.6. The van der Waals surface area contributed by atoms with E-state index < -0.39 is 0 Å². The molecule has 0 bridgehead atoms. The zero-order chi connectivity index (χ0) is 22.8. The van der Waals surface area contributed by atoms with Crippen LogP contribution in [-0.4, -0.2) is 62.8 Å². The molecule has 1 saturated heterocycles. The lowest BCUT2D eigenvalue weighted by Crippen LogP contribution is -2.41. The monoisotopic (exact) mass is 447 g/mol. The number of fused-ring (bicyclic) bond motifs is 3. The van der Waals surface area contributed by atoms with Gasteiger partial charge in [-0.1, -0.05) is 12.1 Å². The van der Waals surface area contributed by atoms with Crippen LogP contribution in [0.1, 0.15) is 5.82 Å². The number of rotatable bonds is 6. The van der Waals surface area contributed by atoms with Crippen LogP contribution in [0.3, 0.4) is 0 Å². The van der Waals surface area contributed by atoms with E-state index in [1.165, 1.54) is 4.57 Å². The molecule has 4 aromatic rings. The zero-order valence-electron chi connectivity index (χ0n) is 18.3. The van der Waals surface area contributed by atoms with Crippen molar-refractivity contribution in [3.63, 3.8) is 0 Å². The Kier molecular flexibility index (Phi) is 5.76. The highest BCUT2D eigenvalue weighted by molar-refractivity contribution is 5.92. The molecule has 0 saturated carbocycles. The Morgan fingerprint density at radius 1 is 1.03 bits per heavy atom. The number of nitrogens with one attached hydrogen (secondary N) is 2. The molecule has 10 nitrogen and oxygen atoms in total. The minimum Gasteiger partial charge on any atom is -0.379 e. The van der Waals surface area contributed by atoms with E-state index in [1.54, 1.807) is 13.1 Å². The van der Waals surface area contributed by atoms with E-state index in [0.29, 0.717) is 43.3 Å². The first-order valence-electron chi connectivity index (χ1n) is 10.9. The molecule has 1 fully saturated rings. The van der Waals surface area contributed by atoms with Gasteiger partial charge in [0, 0.05) is 31.5 Å². The summed E-state index contributed by atoms with van der Waals surface area (Å²) >= 11 is 0. The molecule has 2 aromatic carbocycles. The van der Waals surface area contributed by atoms with Gasteiger partial charge in [0.1, 0.15) is 0 Å². The second-order valence-electron chi connectivity index (χ2n) is 8.00. The third-order valence-electron chi connectivity index (χ3n) is 5.78. The van der Waals surface area contributed by atoms with Crippen molar-refractivity contribution in [2.45, 2.75) is 6.54 Å². The third-order valence-corrected chi connectivity index (χ3v) is 5.78. The van der Waals surface area contributed by atoms with Crippen molar-refractivity contribution < 1.29 is 9.53 Å². The van der Waals surface area contributed by atoms with Crippen LogP contribution >= 0.6 is 0 Å². The molecule has 2 N–H and O–H groups in total. The van der Waals surface area contributed by atoms with Crippen LogP contribution in [0.25, 0.3) is 16.7 Å². The zero-order valence-corrected chi connectivity index (χ0v) is 18.3. The largest absolute Gasteiger partial charge is 0.379 e. The summed E-state index contributed by atoms with van der Waals surface area (Å²) in [4.78, 5) is 26.9. The first-order valence-corrected chi connectivity index (χ1v) is 10.9. The average Bonchev–Trinajstić information content (AvgIpc) is 3.27. The van der Waals surface area contributed by atoms with Gasteiger partial charge in [-0.05, 0) is 36.4 Å². The van der Waals surface area contributed by atoms with Crippen LogP contribution in [0.5, 0.6) is 0 Å². The highest BCUT2D eigenvalue weighted by Gasteiger charge is 2.15. The van der Waals surface area contributed by atoms with Crippen LogP contribution < -0.4 is 16.2 Å². The van der Waals surface area contributed by atoms with Crippen LogP contribution in [0, 0.1) is 0 Å². The summed E-state index contributed by atoms with van der Waals surface area (Å²) in [6.07, 6.45) is 0. The number of aryl methyl sites for hydroxylation is 1. The van der Waals surface area contributed by atoms with Gasteiger partial charge in [-0.15, -0.1) is 10.2 Å². The Hall–Kier alpha value is -3.76. The summed E-state index contributed by atoms with van der Waals surface area (Å²) in [5.41, 5.74) is 2.30. The SMILES string of the molecule is Cn1c(=O)c2ccccc2n2c(CNc3ccc(NC(=O)CN4CCOCC4)cc3)nnc12. The number of morpholine rings is 1. The maximum Gasteiger partial charge on any atom is 0.262 e. The number of ether oxygens (including phenoxy) is 1. The van der Waals surface area contributed by atoms with E-state index in [2.05, 4.69) is 25.7 Å². The lowest BCUT2D eigenvalue weighted by molar-refractivity contribution is -0.118. The molecule has 3 heterocycles. The van der Waals surface area contributed by atoms with Gasteiger partial charge in [0.05, 0.1) is 37.2 Å². The molecular weight excluding hydrogens is 422 g/mol. The maximum absolute atomic E-state index is 12.6. The Morgan fingerprint density at radius 3 is 2.55 bits per heavy atom. The molecule has 170 valence electrons. The molecule has 1 aliphatic heterocycles. The molecule has 33 heavy (non-hydrogen) atoms. The second-order valence-corrected chi connectivity index (χ2v) is 8.00. The van der Waals surface area contributed by atoms with Gasteiger partial charge in [-0.3, -0.25) is 23.5 Å². The van der Waals surface area contributed by atoms with Gasteiger partial charge in [0.15, 0.2) is 5.82 Å². The van der Waals surface area contributed by atoms with Crippen molar-refractivity contribution in [2.75, 3.05) is 43.5 Å².